The summed E-state index contributed by atoms with van der Waals surface area (Å²) in [5.41, 5.74) is 3.51. The van der Waals surface area contributed by atoms with E-state index in [9.17, 15) is 27.9 Å². The van der Waals surface area contributed by atoms with Gasteiger partial charge in [0.05, 0.1) is 16.9 Å². The minimum absolute atomic E-state index is 0.0298. The number of halogens is 3. The molecule has 0 radical (unpaired) electrons. The second kappa shape index (κ2) is 10.1. The summed E-state index contributed by atoms with van der Waals surface area (Å²) >= 11 is 0. The molecule has 3 N–H and O–H groups in total. The van der Waals surface area contributed by atoms with Crippen molar-refractivity contribution in [2.45, 2.75) is 13.1 Å². The van der Waals surface area contributed by atoms with E-state index in [1.807, 2.05) is 0 Å². The number of phenolic OH excluding ortho intramolecular Hbond substituents is 1. The Kier molecular flexibility index (Phi) is 6.64. The summed E-state index contributed by atoms with van der Waals surface area (Å²) < 4.78 is 45.4. The number of carbonyl (C=O) groups is 2. The Hall–Kier alpha value is -5.32. The number of nitrogens with zero attached hydrogens (tertiary/aromatic N) is 2. The van der Waals surface area contributed by atoms with E-state index in [2.05, 4.69) is 15.3 Å². The lowest BCUT2D eigenvalue weighted by Crippen LogP contribution is -2.26. The van der Waals surface area contributed by atoms with Gasteiger partial charge in [-0.15, -0.1) is 0 Å². The summed E-state index contributed by atoms with van der Waals surface area (Å²) in [6.07, 6.45) is -6.08. The Balaban J connectivity index is 1.50. The van der Waals surface area contributed by atoms with Crippen LogP contribution in [0.5, 0.6) is 11.5 Å². The first-order valence-corrected chi connectivity index (χ1v) is 11.8. The third kappa shape index (κ3) is 4.92. The van der Waals surface area contributed by atoms with Crippen molar-refractivity contribution >= 4 is 34.8 Å². The highest BCUT2D eigenvalue weighted by molar-refractivity contribution is 6.55. The molecule has 4 aromatic rings. The lowest BCUT2D eigenvalue weighted by Gasteiger charge is -2.19. The second-order valence-corrected chi connectivity index (χ2v) is 8.82. The van der Waals surface area contributed by atoms with Gasteiger partial charge in [0.1, 0.15) is 11.5 Å². The highest BCUT2D eigenvalue weighted by Gasteiger charge is 2.38. The molecule has 0 spiro atoms. The molecule has 1 aliphatic rings. The van der Waals surface area contributed by atoms with Crippen molar-refractivity contribution in [1.82, 2.24) is 0 Å². The zero-order valence-electron chi connectivity index (χ0n) is 20.7. The van der Waals surface area contributed by atoms with Gasteiger partial charge in [0.15, 0.2) is 5.71 Å². The van der Waals surface area contributed by atoms with Crippen LogP contribution in [-0.4, -0.2) is 28.0 Å². The fraction of sp³-hybridized carbons (Fsp3) is 0.0690. The Morgan fingerprint density at radius 1 is 0.950 bits per heavy atom. The Morgan fingerprint density at radius 2 is 1.68 bits per heavy atom. The predicted molar refractivity (Wildman–Crippen MR) is 142 cm³/mol. The van der Waals surface area contributed by atoms with Gasteiger partial charge >= 0.3 is 12.3 Å². The maximum Gasteiger partial charge on any atom is 0.511 e. The molecule has 1 heterocycles. The van der Waals surface area contributed by atoms with E-state index in [4.69, 9.17) is 5.11 Å². The van der Waals surface area contributed by atoms with E-state index in [-0.39, 0.29) is 34.1 Å². The Bertz CT molecular complexity index is 1680. The second-order valence-electron chi connectivity index (χ2n) is 8.82. The lowest BCUT2D eigenvalue weighted by atomic mass is 10.0. The molecule has 0 atom stereocenters. The van der Waals surface area contributed by atoms with E-state index in [1.165, 1.54) is 37.3 Å². The quantitative estimate of drug-likeness (QED) is 0.108. The molecular formula is C29H20F3N3O5. The maximum absolute atomic E-state index is 13.6. The van der Waals surface area contributed by atoms with Crippen LogP contribution in [0, 0.1) is 6.92 Å². The fourth-order valence-corrected chi connectivity index (χ4v) is 4.43. The van der Waals surface area contributed by atoms with Crippen LogP contribution in [0.4, 0.5) is 35.0 Å². The van der Waals surface area contributed by atoms with Crippen molar-refractivity contribution in [2.75, 3.05) is 10.3 Å². The van der Waals surface area contributed by atoms with Crippen LogP contribution >= 0.6 is 0 Å². The van der Waals surface area contributed by atoms with Gasteiger partial charge in [-0.2, -0.15) is 18.3 Å². The number of hydrogen-bond donors (Lipinski definition) is 3. The number of benzene rings is 4. The van der Waals surface area contributed by atoms with Gasteiger partial charge < -0.3 is 14.9 Å². The molecule has 1 aliphatic heterocycles. The molecule has 0 fully saturated rings. The molecule has 40 heavy (non-hydrogen) atoms. The average molecular weight is 547 g/mol. The molecule has 4 aromatic carbocycles. The third-order valence-electron chi connectivity index (χ3n) is 6.26. The van der Waals surface area contributed by atoms with Crippen molar-refractivity contribution < 1.29 is 37.7 Å². The summed E-state index contributed by atoms with van der Waals surface area (Å²) in [6.45, 7) is 1.35. The summed E-state index contributed by atoms with van der Waals surface area (Å²) in [6, 6.07) is 21.0. The van der Waals surface area contributed by atoms with E-state index in [0.29, 0.717) is 22.4 Å². The van der Waals surface area contributed by atoms with Gasteiger partial charge in [0.25, 0.3) is 5.91 Å². The Morgan fingerprint density at radius 3 is 2.42 bits per heavy atom. The van der Waals surface area contributed by atoms with Crippen molar-refractivity contribution in [2.24, 2.45) is 5.10 Å². The van der Waals surface area contributed by atoms with Gasteiger partial charge in [-0.05, 0) is 54.4 Å². The average Bonchev–Trinajstić information content (AvgIpc) is 3.18. The van der Waals surface area contributed by atoms with Crippen molar-refractivity contribution in [3.05, 3.63) is 102 Å². The van der Waals surface area contributed by atoms with Crippen LogP contribution in [0.15, 0.2) is 90.0 Å². The molecule has 0 aromatic heterocycles. The number of fused-ring (bicyclic) bond motifs is 1. The number of aryl methyl sites for hydroxylation is 1. The first kappa shape index (κ1) is 26.3. The molecule has 0 bridgehead atoms. The minimum Gasteiger partial charge on any atom is -0.505 e. The summed E-state index contributed by atoms with van der Waals surface area (Å²) in [7, 11) is 0. The third-order valence-corrected chi connectivity index (χ3v) is 6.26. The molecule has 0 aliphatic carbocycles. The molecule has 5 rings (SSSR count). The number of carbonyl (C=O) groups excluding carboxylic acids is 1. The smallest absolute Gasteiger partial charge is 0.505 e. The van der Waals surface area contributed by atoms with Gasteiger partial charge in [-0.25, -0.2) is 4.79 Å². The molecule has 11 heteroatoms. The number of rotatable bonds is 5. The number of para-hydroxylation sites is 2. The normalized spacial score (nSPS) is 13.8. The van der Waals surface area contributed by atoms with Crippen LogP contribution in [-0.2, 0) is 11.0 Å². The number of aromatic hydroxyl groups is 1. The van der Waals surface area contributed by atoms with Gasteiger partial charge in [-0.1, -0.05) is 48.5 Å². The summed E-state index contributed by atoms with van der Waals surface area (Å²) in [5, 5.41) is 24.0. The number of phenols is 1. The monoisotopic (exact) mass is 547 g/mol. The molecule has 8 nitrogen and oxygen atoms in total. The highest BCUT2D eigenvalue weighted by atomic mass is 19.4. The van der Waals surface area contributed by atoms with E-state index in [0.717, 1.165) is 11.0 Å². The highest BCUT2D eigenvalue weighted by Crippen LogP contribution is 2.41. The molecule has 0 saturated carbocycles. The number of hydrogen-bond acceptors (Lipinski definition) is 6. The number of ether oxygens (including phenoxy) is 1. The number of hydrazone groups is 1. The topological polar surface area (TPSA) is 111 Å². The molecule has 0 unspecified atom stereocenters. The molecule has 0 saturated heterocycles. The van der Waals surface area contributed by atoms with Gasteiger partial charge in [0.2, 0.25) is 0 Å². The standard InChI is InChI=1S/C29H20F3N3O5/c1-16-12-13-18(15-22(16)29(30,31)32)35-24-11-3-2-8-21(24)25(27(35)37)34-33-23-10-5-9-20(26(23)36)17-6-4-7-19(14-17)40-28(38)39/h2-15,33,36H,1H3,(H,38,39). The largest absolute Gasteiger partial charge is 0.511 e. The lowest BCUT2D eigenvalue weighted by molar-refractivity contribution is -0.138. The number of anilines is 3. The van der Waals surface area contributed by atoms with Crippen LogP contribution in [0.1, 0.15) is 16.7 Å². The SMILES string of the molecule is Cc1ccc(N2C(=O)C(=NNc3cccc(-c4cccc(OC(=O)O)c4)c3O)c3ccccc32)cc1C(F)(F)F. The first-order valence-electron chi connectivity index (χ1n) is 11.8. The number of nitrogens with one attached hydrogen (secondary N) is 1. The zero-order valence-corrected chi connectivity index (χ0v) is 20.7. The van der Waals surface area contributed by atoms with Crippen LogP contribution in [0.3, 0.4) is 0 Å². The zero-order chi connectivity index (χ0) is 28.6. The van der Waals surface area contributed by atoms with Crippen LogP contribution in [0.25, 0.3) is 11.1 Å². The van der Waals surface area contributed by atoms with Crippen LogP contribution < -0.4 is 15.1 Å². The molecule has 1 amide bonds. The number of amides is 1. The maximum atomic E-state index is 13.6. The van der Waals surface area contributed by atoms with Crippen molar-refractivity contribution in [3.8, 4) is 22.6 Å². The van der Waals surface area contributed by atoms with Crippen molar-refractivity contribution in [3.63, 3.8) is 0 Å². The number of alkyl halides is 3. The van der Waals surface area contributed by atoms with Gasteiger partial charge in [-0.3, -0.25) is 15.1 Å². The minimum atomic E-state index is -4.59. The van der Waals surface area contributed by atoms with Crippen LogP contribution in [0.2, 0.25) is 0 Å². The molecular weight excluding hydrogens is 527 g/mol. The summed E-state index contributed by atoms with van der Waals surface area (Å²) in [5.74, 6) is -0.829. The van der Waals surface area contributed by atoms with Crippen molar-refractivity contribution in [1.29, 1.82) is 0 Å². The van der Waals surface area contributed by atoms with E-state index >= 15 is 0 Å². The first-order chi connectivity index (χ1) is 19.0. The van der Waals surface area contributed by atoms with E-state index < -0.39 is 23.8 Å². The Labute approximate surface area is 225 Å². The van der Waals surface area contributed by atoms with E-state index in [1.54, 1.807) is 48.5 Å². The van der Waals surface area contributed by atoms with Gasteiger partial charge in [0, 0.05) is 16.8 Å². The summed E-state index contributed by atoms with van der Waals surface area (Å²) in [4.78, 5) is 25.5. The predicted octanol–water partition coefficient (Wildman–Crippen LogP) is 6.94. The fourth-order valence-electron chi connectivity index (χ4n) is 4.43. The molecule has 202 valence electrons. The number of carboxylic acid groups (broad SMARTS) is 1.